The molecule has 0 aliphatic heterocycles. The van der Waals surface area contributed by atoms with Gasteiger partial charge in [-0.25, -0.2) is 4.98 Å². The summed E-state index contributed by atoms with van der Waals surface area (Å²) < 4.78 is 7.15. The van der Waals surface area contributed by atoms with Crippen molar-refractivity contribution >= 4 is 10.9 Å². The van der Waals surface area contributed by atoms with E-state index in [1.165, 1.54) is 0 Å². The number of hydrogen-bond acceptors (Lipinski definition) is 5. The molecule has 21 heavy (non-hydrogen) atoms. The SMILES string of the molecule is COc1cccc2ccc(CNCCn3ccnn3)nc12. The number of rotatable bonds is 6. The van der Waals surface area contributed by atoms with Crippen molar-refractivity contribution in [2.75, 3.05) is 13.7 Å². The van der Waals surface area contributed by atoms with Gasteiger partial charge in [-0.15, -0.1) is 5.10 Å². The van der Waals surface area contributed by atoms with Crippen LogP contribution in [-0.4, -0.2) is 33.6 Å². The summed E-state index contributed by atoms with van der Waals surface area (Å²) in [6.07, 6.45) is 3.53. The third-order valence-corrected chi connectivity index (χ3v) is 3.26. The van der Waals surface area contributed by atoms with Crippen LogP contribution in [-0.2, 0) is 13.1 Å². The van der Waals surface area contributed by atoms with Crippen LogP contribution in [0.15, 0.2) is 42.7 Å². The maximum Gasteiger partial charge on any atom is 0.145 e. The lowest BCUT2D eigenvalue weighted by molar-refractivity contribution is 0.418. The molecule has 0 amide bonds. The summed E-state index contributed by atoms with van der Waals surface area (Å²) in [5.41, 5.74) is 1.89. The predicted molar refractivity (Wildman–Crippen MR) is 80.0 cm³/mol. The average Bonchev–Trinajstić information content (AvgIpc) is 3.04. The summed E-state index contributed by atoms with van der Waals surface area (Å²) in [5, 5.41) is 12.1. The number of nitrogens with one attached hydrogen (secondary N) is 1. The maximum atomic E-state index is 5.36. The van der Waals surface area contributed by atoms with Crippen LogP contribution in [0.4, 0.5) is 0 Å². The highest BCUT2D eigenvalue weighted by molar-refractivity contribution is 5.84. The van der Waals surface area contributed by atoms with E-state index in [4.69, 9.17) is 4.74 Å². The van der Waals surface area contributed by atoms with Crippen LogP contribution >= 0.6 is 0 Å². The summed E-state index contributed by atoms with van der Waals surface area (Å²) in [6.45, 7) is 2.31. The lowest BCUT2D eigenvalue weighted by Gasteiger charge is -2.08. The Morgan fingerprint density at radius 3 is 3.00 bits per heavy atom. The Morgan fingerprint density at radius 2 is 2.19 bits per heavy atom. The smallest absolute Gasteiger partial charge is 0.145 e. The summed E-state index contributed by atoms with van der Waals surface area (Å²) in [4.78, 5) is 4.66. The molecule has 3 aromatic rings. The van der Waals surface area contributed by atoms with Gasteiger partial charge in [-0.1, -0.05) is 23.4 Å². The van der Waals surface area contributed by atoms with E-state index in [0.717, 1.165) is 35.4 Å². The molecule has 3 rings (SSSR count). The molecule has 0 unspecified atom stereocenters. The molecule has 2 heterocycles. The third kappa shape index (κ3) is 3.17. The van der Waals surface area contributed by atoms with Gasteiger partial charge in [0.2, 0.25) is 0 Å². The number of aromatic nitrogens is 4. The predicted octanol–water partition coefficient (Wildman–Crippen LogP) is 1.62. The van der Waals surface area contributed by atoms with E-state index >= 15 is 0 Å². The van der Waals surface area contributed by atoms with Gasteiger partial charge in [0.25, 0.3) is 0 Å². The van der Waals surface area contributed by atoms with Gasteiger partial charge in [0.05, 0.1) is 25.5 Å². The first-order valence-electron chi connectivity index (χ1n) is 6.84. The standard InChI is InChI=1S/C15H17N5O/c1-21-14-4-2-3-12-5-6-13(18-15(12)14)11-16-7-9-20-10-8-17-19-20/h2-6,8,10,16H,7,9,11H2,1H3. The molecular formula is C15H17N5O. The minimum Gasteiger partial charge on any atom is -0.494 e. The van der Waals surface area contributed by atoms with Gasteiger partial charge in [0.1, 0.15) is 11.3 Å². The van der Waals surface area contributed by atoms with Crippen LogP contribution in [0.3, 0.4) is 0 Å². The lowest BCUT2D eigenvalue weighted by atomic mass is 10.2. The number of methoxy groups -OCH3 is 1. The van der Waals surface area contributed by atoms with Crippen molar-refractivity contribution in [1.82, 2.24) is 25.3 Å². The summed E-state index contributed by atoms with van der Waals surface area (Å²) in [5.74, 6) is 0.803. The van der Waals surface area contributed by atoms with Crippen LogP contribution in [0.25, 0.3) is 10.9 Å². The van der Waals surface area contributed by atoms with E-state index in [1.807, 2.05) is 30.5 Å². The second-order valence-electron chi connectivity index (χ2n) is 4.68. The molecule has 0 saturated carbocycles. The van der Waals surface area contributed by atoms with Gasteiger partial charge in [-0.2, -0.15) is 0 Å². The molecule has 0 radical (unpaired) electrons. The maximum absolute atomic E-state index is 5.36. The van der Waals surface area contributed by atoms with Crippen LogP contribution in [0, 0.1) is 0 Å². The molecule has 1 N–H and O–H groups in total. The van der Waals surface area contributed by atoms with Crippen molar-refractivity contribution in [3.8, 4) is 5.75 Å². The minimum atomic E-state index is 0.711. The topological polar surface area (TPSA) is 64.9 Å². The first kappa shape index (κ1) is 13.5. The van der Waals surface area contributed by atoms with E-state index in [2.05, 4.69) is 26.7 Å². The molecule has 6 heteroatoms. The fourth-order valence-electron chi connectivity index (χ4n) is 2.19. The number of fused-ring (bicyclic) bond motifs is 1. The molecule has 0 fully saturated rings. The third-order valence-electron chi connectivity index (χ3n) is 3.26. The molecule has 0 atom stereocenters. The van der Waals surface area contributed by atoms with Crippen molar-refractivity contribution < 1.29 is 4.74 Å². The van der Waals surface area contributed by atoms with Gasteiger partial charge in [-0.3, -0.25) is 4.68 Å². The number of ether oxygens (including phenoxy) is 1. The van der Waals surface area contributed by atoms with Crippen molar-refractivity contribution in [1.29, 1.82) is 0 Å². The van der Waals surface area contributed by atoms with Crippen LogP contribution in [0.1, 0.15) is 5.69 Å². The average molecular weight is 283 g/mol. The molecular weight excluding hydrogens is 266 g/mol. The molecule has 0 bridgehead atoms. The molecule has 0 aliphatic carbocycles. The summed E-state index contributed by atoms with van der Waals surface area (Å²) >= 11 is 0. The van der Waals surface area contributed by atoms with Gasteiger partial charge < -0.3 is 10.1 Å². The Balaban J connectivity index is 1.64. The largest absolute Gasteiger partial charge is 0.494 e. The first-order chi connectivity index (χ1) is 10.4. The number of pyridine rings is 1. The van der Waals surface area contributed by atoms with Gasteiger partial charge >= 0.3 is 0 Å². The molecule has 1 aromatic carbocycles. The second-order valence-corrected chi connectivity index (χ2v) is 4.68. The summed E-state index contributed by atoms with van der Waals surface area (Å²) in [6, 6.07) is 10.0. The molecule has 2 aromatic heterocycles. The lowest BCUT2D eigenvalue weighted by Crippen LogP contribution is -2.20. The van der Waals surface area contributed by atoms with Gasteiger partial charge in [-0.05, 0) is 12.1 Å². The zero-order valence-electron chi connectivity index (χ0n) is 11.9. The van der Waals surface area contributed by atoms with E-state index in [-0.39, 0.29) is 0 Å². The molecule has 0 spiro atoms. The van der Waals surface area contributed by atoms with Crippen LogP contribution < -0.4 is 10.1 Å². The molecule has 108 valence electrons. The normalized spacial score (nSPS) is 10.9. The number of nitrogens with zero attached hydrogens (tertiary/aromatic N) is 4. The highest BCUT2D eigenvalue weighted by Gasteiger charge is 2.03. The van der Waals surface area contributed by atoms with E-state index in [0.29, 0.717) is 6.54 Å². The van der Waals surface area contributed by atoms with Crippen molar-refractivity contribution in [3.05, 3.63) is 48.4 Å². The van der Waals surface area contributed by atoms with E-state index in [1.54, 1.807) is 18.0 Å². The Kier molecular flexibility index (Phi) is 4.07. The zero-order chi connectivity index (χ0) is 14.5. The first-order valence-corrected chi connectivity index (χ1v) is 6.84. The van der Waals surface area contributed by atoms with Crippen LogP contribution in [0.5, 0.6) is 5.75 Å². The fourth-order valence-corrected chi connectivity index (χ4v) is 2.19. The van der Waals surface area contributed by atoms with Gasteiger partial charge in [0.15, 0.2) is 0 Å². The summed E-state index contributed by atoms with van der Waals surface area (Å²) in [7, 11) is 1.67. The number of para-hydroxylation sites is 1. The monoisotopic (exact) mass is 283 g/mol. The van der Waals surface area contributed by atoms with E-state index < -0.39 is 0 Å². The Morgan fingerprint density at radius 1 is 1.24 bits per heavy atom. The van der Waals surface area contributed by atoms with E-state index in [9.17, 15) is 0 Å². The Hall–Kier alpha value is -2.47. The fraction of sp³-hybridized carbons (Fsp3) is 0.267. The highest BCUT2D eigenvalue weighted by atomic mass is 16.5. The quantitative estimate of drug-likeness (QED) is 0.696. The highest BCUT2D eigenvalue weighted by Crippen LogP contribution is 2.23. The van der Waals surface area contributed by atoms with Crippen molar-refractivity contribution in [2.24, 2.45) is 0 Å². The Bertz CT molecular complexity index is 711. The van der Waals surface area contributed by atoms with Gasteiger partial charge in [0, 0.05) is 24.7 Å². The van der Waals surface area contributed by atoms with Crippen molar-refractivity contribution in [2.45, 2.75) is 13.1 Å². The molecule has 0 aliphatic rings. The molecule has 6 nitrogen and oxygen atoms in total. The molecule has 0 saturated heterocycles. The van der Waals surface area contributed by atoms with Crippen molar-refractivity contribution in [3.63, 3.8) is 0 Å². The second kappa shape index (κ2) is 6.32. The Labute approximate surface area is 122 Å². The number of hydrogen-bond donors (Lipinski definition) is 1. The zero-order valence-corrected chi connectivity index (χ0v) is 11.9. The number of benzene rings is 1. The minimum absolute atomic E-state index is 0.711. The van der Waals surface area contributed by atoms with Crippen LogP contribution in [0.2, 0.25) is 0 Å².